The second-order valence-electron chi connectivity index (χ2n) is 5.44. The minimum Gasteiger partial charge on any atom is -0.379 e. The monoisotopic (exact) mass is 324 g/mol. The van der Waals surface area contributed by atoms with E-state index in [1.54, 1.807) is 23.1 Å². The van der Waals surface area contributed by atoms with Crippen LogP contribution >= 0.6 is 0 Å². The number of aryl methyl sites for hydroxylation is 1. The highest BCUT2D eigenvalue weighted by atomic mass is 32.2. The molecule has 0 N–H and O–H groups in total. The smallest absolute Gasteiger partial charge is 0.243 e. The number of sulfonamides is 1. The Kier molecular flexibility index (Phi) is 4.20. The van der Waals surface area contributed by atoms with Crippen LogP contribution in [0.5, 0.6) is 0 Å². The first-order valence-electron chi connectivity index (χ1n) is 7.55. The van der Waals surface area contributed by atoms with E-state index in [0.29, 0.717) is 50.6 Å². The SMILES string of the molecule is CCN1C(=O)CCc2cc(S(=O)(=O)N3CCOCC3)ccc21. The second-order valence-corrected chi connectivity index (χ2v) is 7.38. The van der Waals surface area contributed by atoms with Crippen LogP contribution in [0.1, 0.15) is 18.9 Å². The van der Waals surface area contributed by atoms with E-state index in [1.807, 2.05) is 6.92 Å². The number of carbonyl (C=O) groups is 1. The number of nitrogens with zero attached hydrogens (tertiary/aromatic N) is 2. The molecule has 0 spiro atoms. The van der Waals surface area contributed by atoms with Gasteiger partial charge in [0, 0.05) is 31.7 Å². The average Bonchev–Trinajstić information content (AvgIpc) is 2.55. The van der Waals surface area contributed by atoms with Crippen LogP contribution in [0.3, 0.4) is 0 Å². The predicted octanol–water partition coefficient (Wildman–Crippen LogP) is 1.01. The molecule has 1 saturated heterocycles. The Labute approximate surface area is 130 Å². The van der Waals surface area contributed by atoms with Gasteiger partial charge in [-0.25, -0.2) is 8.42 Å². The van der Waals surface area contributed by atoms with Crippen molar-refractivity contribution in [2.24, 2.45) is 0 Å². The summed E-state index contributed by atoms with van der Waals surface area (Å²) in [6.07, 6.45) is 1.03. The third-order valence-corrected chi connectivity index (χ3v) is 6.07. The number of anilines is 1. The van der Waals surface area contributed by atoms with Gasteiger partial charge >= 0.3 is 0 Å². The summed E-state index contributed by atoms with van der Waals surface area (Å²) in [5.41, 5.74) is 1.76. The van der Waals surface area contributed by atoms with Crippen molar-refractivity contribution in [3.05, 3.63) is 23.8 Å². The van der Waals surface area contributed by atoms with Crippen molar-refractivity contribution in [2.75, 3.05) is 37.7 Å². The molecule has 2 aliphatic rings. The Morgan fingerprint density at radius 3 is 2.59 bits per heavy atom. The Morgan fingerprint density at radius 1 is 1.18 bits per heavy atom. The van der Waals surface area contributed by atoms with E-state index >= 15 is 0 Å². The first-order valence-corrected chi connectivity index (χ1v) is 8.99. The number of rotatable bonds is 3. The highest BCUT2D eigenvalue weighted by Gasteiger charge is 2.29. The van der Waals surface area contributed by atoms with E-state index in [0.717, 1.165) is 11.3 Å². The lowest BCUT2D eigenvalue weighted by atomic mass is 10.0. The van der Waals surface area contributed by atoms with Crippen LogP contribution in [-0.4, -0.2) is 51.5 Å². The molecule has 2 heterocycles. The molecule has 1 aromatic rings. The maximum absolute atomic E-state index is 12.7. The number of carbonyl (C=O) groups excluding carboxylic acids is 1. The van der Waals surface area contributed by atoms with Crippen LogP contribution in [0.2, 0.25) is 0 Å². The topological polar surface area (TPSA) is 66.9 Å². The summed E-state index contributed by atoms with van der Waals surface area (Å²) >= 11 is 0. The minimum atomic E-state index is -3.48. The summed E-state index contributed by atoms with van der Waals surface area (Å²) in [6.45, 7) is 4.16. The number of hydrogen-bond donors (Lipinski definition) is 0. The van der Waals surface area contributed by atoms with Crippen LogP contribution < -0.4 is 4.90 Å². The molecule has 1 amide bonds. The molecule has 0 aromatic heterocycles. The number of benzene rings is 1. The zero-order valence-corrected chi connectivity index (χ0v) is 13.4. The van der Waals surface area contributed by atoms with Crippen LogP contribution in [-0.2, 0) is 26.0 Å². The number of fused-ring (bicyclic) bond motifs is 1. The summed E-state index contributed by atoms with van der Waals surface area (Å²) in [5, 5.41) is 0. The van der Waals surface area contributed by atoms with Crippen LogP contribution in [0.4, 0.5) is 5.69 Å². The fourth-order valence-corrected chi connectivity index (χ4v) is 4.44. The molecule has 1 fully saturated rings. The van der Waals surface area contributed by atoms with Crippen molar-refractivity contribution < 1.29 is 17.9 Å². The number of morpholine rings is 1. The maximum atomic E-state index is 12.7. The fourth-order valence-electron chi connectivity index (χ4n) is 2.98. The molecule has 2 aliphatic heterocycles. The van der Waals surface area contributed by atoms with Crippen molar-refractivity contribution in [2.45, 2.75) is 24.7 Å². The number of hydrogen-bond acceptors (Lipinski definition) is 4. The summed E-state index contributed by atoms with van der Waals surface area (Å²) < 4.78 is 32.0. The first-order chi connectivity index (χ1) is 10.5. The molecule has 0 atom stereocenters. The van der Waals surface area contributed by atoms with E-state index in [-0.39, 0.29) is 5.91 Å². The van der Waals surface area contributed by atoms with Crippen LogP contribution in [0, 0.1) is 0 Å². The van der Waals surface area contributed by atoms with Gasteiger partial charge in [-0.05, 0) is 37.1 Å². The van der Waals surface area contributed by atoms with Crippen molar-refractivity contribution in [3.63, 3.8) is 0 Å². The first kappa shape index (κ1) is 15.5. The molecule has 0 unspecified atom stereocenters. The van der Waals surface area contributed by atoms with Gasteiger partial charge in [0.15, 0.2) is 0 Å². The molecule has 3 rings (SSSR count). The Hall–Kier alpha value is -1.44. The quantitative estimate of drug-likeness (QED) is 0.832. The summed E-state index contributed by atoms with van der Waals surface area (Å²) in [6, 6.07) is 5.07. The minimum absolute atomic E-state index is 0.0961. The van der Waals surface area contributed by atoms with Crippen molar-refractivity contribution in [1.29, 1.82) is 0 Å². The summed E-state index contributed by atoms with van der Waals surface area (Å²) in [7, 11) is -3.48. The average molecular weight is 324 g/mol. The number of ether oxygens (including phenoxy) is 1. The predicted molar refractivity (Wildman–Crippen MR) is 82.4 cm³/mol. The molecular formula is C15H20N2O4S. The lowest BCUT2D eigenvalue weighted by Gasteiger charge is -2.30. The molecule has 120 valence electrons. The van der Waals surface area contributed by atoms with Gasteiger partial charge in [-0.3, -0.25) is 4.79 Å². The molecule has 0 saturated carbocycles. The zero-order chi connectivity index (χ0) is 15.7. The molecular weight excluding hydrogens is 304 g/mol. The summed E-state index contributed by atoms with van der Waals surface area (Å²) in [5.74, 6) is 0.0961. The fraction of sp³-hybridized carbons (Fsp3) is 0.533. The van der Waals surface area contributed by atoms with Gasteiger partial charge in [0.2, 0.25) is 15.9 Å². The zero-order valence-electron chi connectivity index (χ0n) is 12.6. The van der Waals surface area contributed by atoms with Gasteiger partial charge in [0.05, 0.1) is 18.1 Å². The van der Waals surface area contributed by atoms with Gasteiger partial charge in [0.25, 0.3) is 0 Å². The normalized spacial score (nSPS) is 20.0. The highest BCUT2D eigenvalue weighted by Crippen LogP contribution is 2.30. The number of amides is 1. The van der Waals surface area contributed by atoms with Crippen molar-refractivity contribution in [3.8, 4) is 0 Å². The molecule has 22 heavy (non-hydrogen) atoms. The highest BCUT2D eigenvalue weighted by molar-refractivity contribution is 7.89. The second kappa shape index (κ2) is 5.98. The molecule has 6 nitrogen and oxygen atoms in total. The van der Waals surface area contributed by atoms with E-state index in [4.69, 9.17) is 4.74 Å². The third-order valence-electron chi connectivity index (χ3n) is 4.18. The Balaban J connectivity index is 1.95. The third kappa shape index (κ3) is 2.64. The molecule has 1 aromatic carbocycles. The standard InChI is InChI=1S/C15H20N2O4S/c1-2-17-14-5-4-13(11-12(14)3-6-15(17)18)22(19,20)16-7-9-21-10-8-16/h4-5,11H,2-3,6-10H2,1H3. The van der Waals surface area contributed by atoms with Crippen LogP contribution in [0.25, 0.3) is 0 Å². The van der Waals surface area contributed by atoms with E-state index in [9.17, 15) is 13.2 Å². The van der Waals surface area contributed by atoms with Crippen molar-refractivity contribution >= 4 is 21.6 Å². The van der Waals surface area contributed by atoms with E-state index in [2.05, 4.69) is 0 Å². The van der Waals surface area contributed by atoms with E-state index in [1.165, 1.54) is 4.31 Å². The van der Waals surface area contributed by atoms with Gasteiger partial charge in [0.1, 0.15) is 0 Å². The van der Waals surface area contributed by atoms with Gasteiger partial charge in [-0.15, -0.1) is 0 Å². The lowest BCUT2D eigenvalue weighted by Crippen LogP contribution is -2.40. The van der Waals surface area contributed by atoms with Crippen LogP contribution in [0.15, 0.2) is 23.1 Å². The van der Waals surface area contributed by atoms with Crippen molar-refractivity contribution in [1.82, 2.24) is 4.31 Å². The molecule has 0 aliphatic carbocycles. The van der Waals surface area contributed by atoms with Gasteiger partial charge in [-0.2, -0.15) is 4.31 Å². The lowest BCUT2D eigenvalue weighted by molar-refractivity contribution is -0.118. The molecule has 7 heteroatoms. The summed E-state index contributed by atoms with van der Waals surface area (Å²) in [4.78, 5) is 13.9. The maximum Gasteiger partial charge on any atom is 0.243 e. The largest absolute Gasteiger partial charge is 0.379 e. The molecule has 0 bridgehead atoms. The van der Waals surface area contributed by atoms with E-state index < -0.39 is 10.0 Å². The van der Waals surface area contributed by atoms with Gasteiger partial charge < -0.3 is 9.64 Å². The molecule has 0 radical (unpaired) electrons. The Morgan fingerprint density at radius 2 is 1.91 bits per heavy atom. The Bertz CT molecular complexity index is 681. The van der Waals surface area contributed by atoms with Gasteiger partial charge in [-0.1, -0.05) is 0 Å².